The van der Waals surface area contributed by atoms with E-state index in [9.17, 15) is 0 Å². The number of hydrogen-bond donors (Lipinski definition) is 2. The van der Waals surface area contributed by atoms with Gasteiger partial charge in [-0.25, -0.2) is 0 Å². The van der Waals surface area contributed by atoms with Crippen LogP contribution in [0.25, 0.3) is 0 Å². The van der Waals surface area contributed by atoms with Crippen LogP contribution in [-0.2, 0) is 4.52 Å². The summed E-state index contributed by atoms with van der Waals surface area (Å²) < 4.78 is 4.99. The minimum absolute atomic E-state index is 0.455. The lowest BCUT2D eigenvalue weighted by Gasteiger charge is -2.35. The Bertz CT molecular complexity index is 220. The second-order valence-corrected chi connectivity index (χ2v) is 7.82. The molecule has 0 fully saturated rings. The third-order valence-corrected chi connectivity index (χ3v) is 5.40. The van der Waals surface area contributed by atoms with Crippen molar-refractivity contribution in [2.45, 2.75) is 111 Å². The highest BCUT2D eigenvalue weighted by molar-refractivity contribution is 7.39. The SMILES string of the molecule is CCCCCC(CCCCC)(CCCCC)CCCOP(O)O. The molecule has 0 saturated carbocycles. The molecule has 140 valence electrons. The molecule has 0 heterocycles. The molecular weight excluding hydrogens is 307 g/mol. The molecule has 0 aromatic heterocycles. The summed E-state index contributed by atoms with van der Waals surface area (Å²) in [5.74, 6) is 0. The fourth-order valence-electron chi connectivity index (χ4n) is 3.59. The highest BCUT2D eigenvalue weighted by atomic mass is 31.2. The summed E-state index contributed by atoms with van der Waals surface area (Å²) in [7, 11) is -2.19. The van der Waals surface area contributed by atoms with Gasteiger partial charge in [0.1, 0.15) is 0 Å². The van der Waals surface area contributed by atoms with Crippen LogP contribution in [0.3, 0.4) is 0 Å². The molecule has 0 aromatic carbocycles. The molecule has 0 aliphatic carbocycles. The van der Waals surface area contributed by atoms with E-state index in [-0.39, 0.29) is 0 Å². The molecule has 3 nitrogen and oxygen atoms in total. The number of hydrogen-bond acceptors (Lipinski definition) is 3. The zero-order valence-corrected chi connectivity index (χ0v) is 16.8. The van der Waals surface area contributed by atoms with Gasteiger partial charge in [0.2, 0.25) is 0 Å². The first-order valence-corrected chi connectivity index (χ1v) is 11.1. The van der Waals surface area contributed by atoms with Crippen molar-refractivity contribution in [1.29, 1.82) is 0 Å². The predicted molar refractivity (Wildman–Crippen MR) is 101 cm³/mol. The van der Waals surface area contributed by atoms with E-state index in [1.54, 1.807) is 0 Å². The van der Waals surface area contributed by atoms with Crippen molar-refractivity contribution in [3.8, 4) is 0 Å². The van der Waals surface area contributed by atoms with Crippen molar-refractivity contribution in [3.63, 3.8) is 0 Å². The molecule has 0 unspecified atom stereocenters. The Morgan fingerprint density at radius 3 is 1.39 bits per heavy atom. The van der Waals surface area contributed by atoms with Gasteiger partial charge in [-0.05, 0) is 37.5 Å². The third-order valence-electron chi connectivity index (χ3n) is 4.99. The molecule has 0 aromatic rings. The smallest absolute Gasteiger partial charge is 0.327 e. The fourth-order valence-corrected chi connectivity index (χ4v) is 3.89. The van der Waals surface area contributed by atoms with Gasteiger partial charge >= 0.3 is 8.60 Å². The summed E-state index contributed by atoms with van der Waals surface area (Å²) in [5.41, 5.74) is 0.455. The molecule has 0 amide bonds. The lowest BCUT2D eigenvalue weighted by molar-refractivity contribution is 0.156. The van der Waals surface area contributed by atoms with Crippen LogP contribution in [0.4, 0.5) is 0 Å². The summed E-state index contributed by atoms with van der Waals surface area (Å²) in [4.78, 5) is 17.8. The maximum atomic E-state index is 8.90. The van der Waals surface area contributed by atoms with Gasteiger partial charge in [-0.3, -0.25) is 0 Å². The summed E-state index contributed by atoms with van der Waals surface area (Å²) in [5, 5.41) is 0. The molecule has 0 bridgehead atoms. The number of unbranched alkanes of at least 4 members (excludes halogenated alkanes) is 6. The largest absolute Gasteiger partial charge is 0.328 e. The first-order chi connectivity index (χ1) is 11.1. The van der Waals surface area contributed by atoms with E-state index in [0.717, 1.165) is 6.42 Å². The predicted octanol–water partition coefficient (Wildman–Crippen LogP) is 6.72. The van der Waals surface area contributed by atoms with Gasteiger partial charge in [0.15, 0.2) is 0 Å². The fraction of sp³-hybridized carbons (Fsp3) is 1.00. The van der Waals surface area contributed by atoms with Gasteiger partial charge in [-0.2, -0.15) is 0 Å². The Labute approximate surface area is 146 Å². The maximum Gasteiger partial charge on any atom is 0.327 e. The Kier molecular flexibility index (Phi) is 16.0. The lowest BCUT2D eigenvalue weighted by atomic mass is 9.71. The summed E-state index contributed by atoms with van der Waals surface area (Å²) in [6.45, 7) is 7.30. The van der Waals surface area contributed by atoms with E-state index >= 15 is 0 Å². The Morgan fingerprint density at radius 1 is 0.652 bits per heavy atom. The number of rotatable bonds is 17. The standard InChI is InChI=1S/C19H41O3P/c1-4-7-10-14-19(15-11-8-5-2,16-12-9-6-3)17-13-18-22-23(20)21/h20-21H,4-18H2,1-3H3. The van der Waals surface area contributed by atoms with Crippen LogP contribution in [0.15, 0.2) is 0 Å². The van der Waals surface area contributed by atoms with Crippen LogP contribution in [0, 0.1) is 5.41 Å². The molecule has 0 atom stereocenters. The van der Waals surface area contributed by atoms with Crippen molar-refractivity contribution in [1.82, 2.24) is 0 Å². The third kappa shape index (κ3) is 13.3. The maximum absolute atomic E-state index is 8.90. The van der Waals surface area contributed by atoms with E-state index < -0.39 is 8.60 Å². The lowest BCUT2D eigenvalue weighted by Crippen LogP contribution is -2.22. The molecular formula is C19H41O3P. The zero-order chi connectivity index (χ0) is 17.4. The Balaban J connectivity index is 4.58. The van der Waals surface area contributed by atoms with E-state index in [4.69, 9.17) is 14.3 Å². The van der Waals surface area contributed by atoms with Gasteiger partial charge in [0, 0.05) is 0 Å². The molecule has 0 aliphatic heterocycles. The molecule has 0 rings (SSSR count). The normalized spacial score (nSPS) is 12.3. The highest BCUT2D eigenvalue weighted by Crippen LogP contribution is 2.41. The molecule has 0 spiro atoms. The molecule has 0 saturated heterocycles. The van der Waals surface area contributed by atoms with E-state index in [1.807, 2.05) is 0 Å². The van der Waals surface area contributed by atoms with Crippen LogP contribution in [0.5, 0.6) is 0 Å². The van der Waals surface area contributed by atoms with E-state index in [2.05, 4.69) is 20.8 Å². The van der Waals surface area contributed by atoms with Crippen LogP contribution in [0.2, 0.25) is 0 Å². The van der Waals surface area contributed by atoms with Crippen molar-refractivity contribution in [2.75, 3.05) is 6.61 Å². The molecule has 23 heavy (non-hydrogen) atoms. The average Bonchev–Trinajstić information content (AvgIpc) is 2.52. The van der Waals surface area contributed by atoms with Gasteiger partial charge in [-0.1, -0.05) is 78.6 Å². The molecule has 4 heteroatoms. The van der Waals surface area contributed by atoms with Crippen molar-refractivity contribution in [3.05, 3.63) is 0 Å². The second kappa shape index (κ2) is 15.8. The Hall–Kier alpha value is 0.310. The molecule has 2 N–H and O–H groups in total. The summed E-state index contributed by atoms with van der Waals surface area (Å²) in [6, 6.07) is 0. The monoisotopic (exact) mass is 348 g/mol. The summed E-state index contributed by atoms with van der Waals surface area (Å²) in [6.07, 6.45) is 18.0. The van der Waals surface area contributed by atoms with Gasteiger partial charge in [0.05, 0.1) is 6.61 Å². The second-order valence-electron chi connectivity index (χ2n) is 7.06. The quantitative estimate of drug-likeness (QED) is 0.226. The van der Waals surface area contributed by atoms with E-state index in [0.29, 0.717) is 12.0 Å². The summed E-state index contributed by atoms with van der Waals surface area (Å²) >= 11 is 0. The molecule has 0 radical (unpaired) electrons. The minimum Gasteiger partial charge on any atom is -0.328 e. The highest BCUT2D eigenvalue weighted by Gasteiger charge is 2.28. The first-order valence-electron chi connectivity index (χ1n) is 9.91. The minimum atomic E-state index is -2.19. The van der Waals surface area contributed by atoms with Gasteiger partial charge < -0.3 is 14.3 Å². The van der Waals surface area contributed by atoms with Crippen molar-refractivity contribution in [2.24, 2.45) is 5.41 Å². The van der Waals surface area contributed by atoms with Crippen LogP contribution < -0.4 is 0 Å². The van der Waals surface area contributed by atoms with Crippen LogP contribution in [-0.4, -0.2) is 16.4 Å². The zero-order valence-electron chi connectivity index (χ0n) is 15.9. The molecule has 0 aliphatic rings. The Morgan fingerprint density at radius 2 is 1.04 bits per heavy atom. The topological polar surface area (TPSA) is 49.7 Å². The van der Waals surface area contributed by atoms with E-state index in [1.165, 1.54) is 83.5 Å². The van der Waals surface area contributed by atoms with Gasteiger partial charge in [-0.15, -0.1) is 0 Å². The van der Waals surface area contributed by atoms with Gasteiger partial charge in [0.25, 0.3) is 0 Å². The van der Waals surface area contributed by atoms with Crippen molar-refractivity contribution < 1.29 is 14.3 Å². The van der Waals surface area contributed by atoms with Crippen LogP contribution in [0.1, 0.15) is 111 Å². The van der Waals surface area contributed by atoms with Crippen molar-refractivity contribution >= 4 is 8.60 Å². The first kappa shape index (κ1) is 23.3. The van der Waals surface area contributed by atoms with Crippen LogP contribution >= 0.6 is 8.60 Å². The average molecular weight is 349 g/mol.